The fraction of sp³-hybridized carbons (Fsp3) is 0.600. The molecule has 0 aromatic heterocycles. The molecular weight excluding hydrogens is 163 g/mol. The molecule has 4 nitrogen and oxygen atoms in total. The van der Waals surface area contributed by atoms with Crippen molar-refractivity contribution in [2.45, 2.75) is 19.3 Å². The van der Waals surface area contributed by atoms with E-state index in [1.54, 1.807) is 0 Å². The summed E-state index contributed by atoms with van der Waals surface area (Å²) in [6.45, 7) is 0. The standard InChI is InChI=1S/C5H8O4.K/c6-4(7)2-1-3-5(8)9;/h1-3H2,(H,6,7)(H,8,9);/q;+1/p-1. The summed E-state index contributed by atoms with van der Waals surface area (Å²) < 4.78 is 0. The van der Waals surface area contributed by atoms with Gasteiger partial charge in [0.2, 0.25) is 0 Å². The molecule has 0 aliphatic heterocycles. The zero-order valence-corrected chi connectivity index (χ0v) is 8.88. The molecule has 5 heteroatoms. The van der Waals surface area contributed by atoms with Crippen molar-refractivity contribution >= 4 is 11.9 Å². The molecule has 0 aromatic rings. The minimum atomic E-state index is -1.23. The van der Waals surface area contributed by atoms with Crippen molar-refractivity contribution < 1.29 is 72.6 Å². The quantitative estimate of drug-likeness (QED) is 0.395. The van der Waals surface area contributed by atoms with Gasteiger partial charge in [-0.25, -0.2) is 0 Å². The Labute approximate surface area is 103 Å². The van der Waals surface area contributed by atoms with Crippen molar-refractivity contribution in [1.82, 2.24) is 0 Å². The first-order valence-corrected chi connectivity index (χ1v) is 2.52. The maximum Gasteiger partial charge on any atom is 1.00 e. The second-order valence-corrected chi connectivity index (χ2v) is 1.60. The van der Waals surface area contributed by atoms with Crippen LogP contribution in [0.3, 0.4) is 0 Å². The average molecular weight is 170 g/mol. The van der Waals surface area contributed by atoms with Gasteiger partial charge in [-0.15, -0.1) is 0 Å². The van der Waals surface area contributed by atoms with Gasteiger partial charge in [-0.3, -0.25) is 0 Å². The van der Waals surface area contributed by atoms with Crippen LogP contribution >= 0.6 is 0 Å². The first kappa shape index (κ1) is 13.2. The third kappa shape index (κ3) is 11.4. The van der Waals surface area contributed by atoms with Gasteiger partial charge in [0.1, 0.15) is 0 Å². The van der Waals surface area contributed by atoms with Crippen molar-refractivity contribution in [1.29, 1.82) is 0 Å². The molecule has 0 saturated heterocycles. The van der Waals surface area contributed by atoms with Crippen molar-refractivity contribution in [2.75, 3.05) is 0 Å². The second-order valence-electron chi connectivity index (χ2n) is 1.60. The maximum absolute atomic E-state index is 9.66. The van der Waals surface area contributed by atoms with E-state index < -0.39 is 11.9 Å². The van der Waals surface area contributed by atoms with Crippen LogP contribution in [0.2, 0.25) is 0 Å². The minimum absolute atomic E-state index is 0. The zero-order chi connectivity index (χ0) is 7.28. The summed E-state index contributed by atoms with van der Waals surface area (Å²) in [5, 5.41) is 19.3. The number of hydrogen-bond donors (Lipinski definition) is 0. The Kier molecular flexibility index (Phi) is 10.1. The average Bonchev–Trinajstić information content (AvgIpc) is 1.63. The molecule has 0 aromatic carbocycles. The molecule has 52 valence electrons. The first-order chi connectivity index (χ1) is 4.13. The third-order valence-corrected chi connectivity index (χ3v) is 0.762. The summed E-state index contributed by atoms with van der Waals surface area (Å²) >= 11 is 0. The van der Waals surface area contributed by atoms with E-state index in [9.17, 15) is 19.8 Å². The number of carboxylic acids is 2. The van der Waals surface area contributed by atoms with Crippen LogP contribution in [0, 0.1) is 0 Å². The SMILES string of the molecule is O=C([O-])CCCC(=O)[O-].[H+].[K+]. The molecule has 0 rings (SSSR count). The molecule has 0 radical (unpaired) electrons. The number of carbonyl (C=O) groups excluding carboxylic acids is 2. The predicted octanol–water partition coefficient (Wildman–Crippen LogP) is -5.23. The van der Waals surface area contributed by atoms with Gasteiger partial charge in [0, 0.05) is 11.9 Å². The van der Waals surface area contributed by atoms with Gasteiger partial charge in [-0.1, -0.05) is 0 Å². The van der Waals surface area contributed by atoms with E-state index in [0.717, 1.165) is 0 Å². The minimum Gasteiger partial charge on any atom is -0.550 e. The summed E-state index contributed by atoms with van der Waals surface area (Å²) in [6.07, 6.45) is -0.341. The Morgan fingerprint density at radius 1 is 1.10 bits per heavy atom. The second kappa shape index (κ2) is 7.68. The normalized spacial score (nSPS) is 8.00. The van der Waals surface area contributed by atoms with Crippen LogP contribution in [0.4, 0.5) is 0 Å². The first-order valence-electron chi connectivity index (χ1n) is 2.52. The number of carboxylic acid groups (broad SMARTS) is 2. The van der Waals surface area contributed by atoms with E-state index in [4.69, 9.17) is 0 Å². The molecule has 0 fully saturated rings. The number of aliphatic carboxylic acids is 2. The van der Waals surface area contributed by atoms with Gasteiger partial charge in [-0.05, 0) is 19.3 Å². The number of carbonyl (C=O) groups is 2. The molecule has 0 amide bonds. The molecule has 0 aliphatic rings. The fourth-order valence-corrected chi connectivity index (χ4v) is 0.377. The molecule has 0 heterocycles. The van der Waals surface area contributed by atoms with E-state index in [-0.39, 0.29) is 72.1 Å². The summed E-state index contributed by atoms with van der Waals surface area (Å²) in [6, 6.07) is 0. The van der Waals surface area contributed by atoms with E-state index in [0.29, 0.717) is 0 Å². The van der Waals surface area contributed by atoms with Crippen LogP contribution in [0.25, 0.3) is 0 Å². The maximum atomic E-state index is 9.66. The van der Waals surface area contributed by atoms with Crippen molar-refractivity contribution in [3.63, 3.8) is 0 Å². The molecule has 0 unspecified atom stereocenters. The molecule has 0 spiro atoms. The summed E-state index contributed by atoms with van der Waals surface area (Å²) in [5.41, 5.74) is 0. The third-order valence-electron chi connectivity index (χ3n) is 0.762. The van der Waals surface area contributed by atoms with Crippen LogP contribution in [0.15, 0.2) is 0 Å². The van der Waals surface area contributed by atoms with Crippen LogP contribution < -0.4 is 61.6 Å². The van der Waals surface area contributed by atoms with E-state index in [2.05, 4.69) is 0 Å². The molecule has 0 bridgehead atoms. The summed E-state index contributed by atoms with van der Waals surface area (Å²) in [5.74, 6) is -2.45. The molecule has 0 N–H and O–H groups in total. The van der Waals surface area contributed by atoms with E-state index >= 15 is 0 Å². The Morgan fingerprint density at radius 2 is 1.40 bits per heavy atom. The van der Waals surface area contributed by atoms with Gasteiger partial charge in [0.15, 0.2) is 0 Å². The summed E-state index contributed by atoms with van der Waals surface area (Å²) in [7, 11) is 0. The van der Waals surface area contributed by atoms with Gasteiger partial charge in [0.25, 0.3) is 0 Å². The van der Waals surface area contributed by atoms with Crippen LogP contribution in [0.1, 0.15) is 20.7 Å². The fourth-order valence-electron chi connectivity index (χ4n) is 0.377. The van der Waals surface area contributed by atoms with Crippen LogP contribution in [0.5, 0.6) is 0 Å². The van der Waals surface area contributed by atoms with Gasteiger partial charge < -0.3 is 19.8 Å². The Hall–Kier alpha value is 0.576. The number of hydrogen-bond acceptors (Lipinski definition) is 4. The van der Waals surface area contributed by atoms with Gasteiger partial charge in [0.05, 0.1) is 0 Å². The zero-order valence-electron chi connectivity index (χ0n) is 6.75. The van der Waals surface area contributed by atoms with E-state index in [1.165, 1.54) is 0 Å². The molecular formula is C5H7KO4. The molecule has 10 heavy (non-hydrogen) atoms. The Morgan fingerprint density at radius 3 is 1.60 bits per heavy atom. The van der Waals surface area contributed by atoms with Crippen molar-refractivity contribution in [2.24, 2.45) is 0 Å². The number of rotatable bonds is 4. The van der Waals surface area contributed by atoms with Crippen molar-refractivity contribution in [3.05, 3.63) is 0 Å². The van der Waals surface area contributed by atoms with Gasteiger partial charge in [-0.2, -0.15) is 0 Å². The largest absolute Gasteiger partial charge is 1.00 e. The monoisotopic (exact) mass is 170 g/mol. The molecule has 0 saturated carbocycles. The van der Waals surface area contributed by atoms with Gasteiger partial charge >= 0.3 is 52.8 Å². The Balaban J connectivity index is -0.000000320. The van der Waals surface area contributed by atoms with E-state index in [1.807, 2.05) is 0 Å². The summed E-state index contributed by atoms with van der Waals surface area (Å²) in [4.78, 5) is 19.3. The van der Waals surface area contributed by atoms with Crippen molar-refractivity contribution in [3.8, 4) is 0 Å². The molecule has 0 aliphatic carbocycles. The Bertz CT molecular complexity index is 114. The smallest absolute Gasteiger partial charge is 0.550 e. The molecule has 0 atom stereocenters. The topological polar surface area (TPSA) is 80.3 Å². The van der Waals surface area contributed by atoms with Crippen LogP contribution in [-0.4, -0.2) is 11.9 Å². The van der Waals surface area contributed by atoms with Crippen LogP contribution in [-0.2, 0) is 9.59 Å². The predicted molar refractivity (Wildman–Crippen MR) is 25.0 cm³/mol.